The van der Waals surface area contributed by atoms with Crippen molar-refractivity contribution in [2.24, 2.45) is 0 Å². The van der Waals surface area contributed by atoms with Gasteiger partial charge in [-0.2, -0.15) is 5.26 Å². The predicted molar refractivity (Wildman–Crippen MR) is 53.4 cm³/mol. The summed E-state index contributed by atoms with van der Waals surface area (Å²) in [6.45, 7) is 1.99. The van der Waals surface area contributed by atoms with Gasteiger partial charge in [-0.3, -0.25) is 0 Å². The van der Waals surface area contributed by atoms with E-state index in [2.05, 4.69) is 6.07 Å². The molecule has 0 saturated carbocycles. The molecule has 0 aliphatic rings. The Morgan fingerprint density at radius 3 is 2.70 bits per heavy atom. The number of nitrogens with zero attached hydrogens (tertiary/aromatic N) is 1. The minimum absolute atomic E-state index is 0.0416. The van der Waals surface area contributed by atoms with Gasteiger partial charge in [0.15, 0.2) is 0 Å². The first-order valence-corrected chi connectivity index (χ1v) is 5.40. The summed E-state index contributed by atoms with van der Waals surface area (Å²) >= 11 is 7.94. The third-order valence-electron chi connectivity index (χ3n) is 0.920. The van der Waals surface area contributed by atoms with Crippen molar-refractivity contribution in [3.8, 4) is 6.07 Å². The Kier molecular flexibility index (Phi) is 6.19. The van der Waals surface area contributed by atoms with Crippen LogP contribution in [0.2, 0.25) is 0 Å². The number of nitriles is 1. The summed E-state index contributed by atoms with van der Waals surface area (Å²) in [7, 11) is 0. The highest BCUT2D eigenvalue weighted by Gasteiger charge is 2.06. The Morgan fingerprint density at radius 2 is 2.40 bits per heavy atom. The monoisotopic (exact) mass is 191 g/mol. The fourth-order valence-electron chi connectivity index (χ4n) is 0.365. The highest BCUT2D eigenvalue weighted by atomic mass is 32.2. The molecule has 0 heterocycles. The molecule has 1 unspecified atom stereocenters. The van der Waals surface area contributed by atoms with Crippen LogP contribution < -0.4 is 0 Å². The van der Waals surface area contributed by atoms with E-state index >= 15 is 0 Å². The van der Waals surface area contributed by atoms with Crippen LogP contribution in [0.3, 0.4) is 0 Å². The van der Waals surface area contributed by atoms with Crippen LogP contribution in [0.15, 0.2) is 0 Å². The summed E-state index contributed by atoms with van der Waals surface area (Å²) in [5, 5.41) is 8.57. The van der Waals surface area contributed by atoms with Crippen molar-refractivity contribution in [3.63, 3.8) is 0 Å². The van der Waals surface area contributed by atoms with Crippen molar-refractivity contribution in [2.45, 2.75) is 18.6 Å². The molecular weight excluding hydrogens is 182 g/mol. The number of hydrogen-bond donors (Lipinski definition) is 0. The lowest BCUT2D eigenvalue weighted by atomic mass is 10.4. The molecule has 56 valence electrons. The van der Waals surface area contributed by atoms with Crippen LogP contribution in [0.5, 0.6) is 0 Å². The van der Waals surface area contributed by atoms with Gasteiger partial charge in [0.25, 0.3) is 0 Å². The van der Waals surface area contributed by atoms with E-state index in [1.807, 2.05) is 13.2 Å². The summed E-state index contributed by atoms with van der Waals surface area (Å²) in [4.78, 5) is 0. The van der Waals surface area contributed by atoms with Crippen molar-refractivity contribution in [1.82, 2.24) is 0 Å². The summed E-state index contributed by atoms with van der Waals surface area (Å²) in [6.07, 6.45) is 2.79. The molecule has 0 N–H and O–H groups in total. The molecule has 0 aliphatic heterocycles. The fraction of sp³-hybridized carbons (Fsp3) is 0.667. The number of rotatable bonds is 2. The minimum Gasteiger partial charge on any atom is -0.197 e. The molecule has 0 spiro atoms. The van der Waals surface area contributed by atoms with Crippen LogP contribution in [-0.4, -0.2) is 15.0 Å². The van der Waals surface area contributed by atoms with Gasteiger partial charge < -0.3 is 0 Å². The maximum absolute atomic E-state index is 8.53. The molecule has 0 aromatic carbocycles. The quantitative estimate of drug-likeness (QED) is 0.626. The van der Waals surface area contributed by atoms with Crippen molar-refractivity contribution in [2.75, 3.05) is 6.26 Å². The Balaban J connectivity index is 3.66. The van der Waals surface area contributed by atoms with Crippen LogP contribution in [-0.2, 0) is 0 Å². The first-order chi connectivity index (χ1) is 4.74. The van der Waals surface area contributed by atoms with Gasteiger partial charge in [0.2, 0.25) is 0 Å². The average Bonchev–Trinajstić information content (AvgIpc) is 1.99. The number of thiocarbonyl (C=S) groups is 1. The predicted octanol–water partition coefficient (Wildman–Crippen LogP) is 2.67. The molecule has 0 radical (unpaired) electrons. The lowest BCUT2D eigenvalue weighted by molar-refractivity contribution is 0.991. The second-order valence-corrected chi connectivity index (χ2v) is 4.81. The highest BCUT2D eigenvalue weighted by Crippen LogP contribution is 2.21. The third-order valence-corrected chi connectivity index (χ3v) is 3.75. The van der Waals surface area contributed by atoms with Gasteiger partial charge in [-0.25, -0.2) is 0 Å². The van der Waals surface area contributed by atoms with Crippen molar-refractivity contribution in [1.29, 1.82) is 5.26 Å². The molecule has 0 bridgehead atoms. The average molecular weight is 191 g/mol. The van der Waals surface area contributed by atoms with E-state index < -0.39 is 0 Å². The van der Waals surface area contributed by atoms with Crippen LogP contribution >= 0.6 is 35.7 Å². The second-order valence-electron chi connectivity index (χ2n) is 1.60. The van der Waals surface area contributed by atoms with Gasteiger partial charge in [-0.05, 0) is 12.7 Å². The molecule has 0 amide bonds. The zero-order valence-corrected chi connectivity index (χ0v) is 8.41. The topological polar surface area (TPSA) is 23.8 Å². The molecule has 1 nitrogen and oxygen atoms in total. The Hall–Kier alpha value is 0.280. The molecule has 10 heavy (non-hydrogen) atoms. The standard InChI is InChI=1S/C6H9NS3/c1-3-5(4-7)10-6(8)9-2/h5H,3H2,1-2H3. The zero-order valence-electron chi connectivity index (χ0n) is 5.96. The second kappa shape index (κ2) is 6.02. The Bertz CT molecular complexity index is 150. The molecule has 0 aromatic heterocycles. The lowest BCUT2D eigenvalue weighted by Crippen LogP contribution is -1.97. The normalized spacial score (nSPS) is 12.1. The molecule has 0 aromatic rings. The van der Waals surface area contributed by atoms with Gasteiger partial charge in [0.05, 0.1) is 11.3 Å². The van der Waals surface area contributed by atoms with Crippen molar-refractivity contribution in [3.05, 3.63) is 0 Å². The van der Waals surface area contributed by atoms with E-state index in [0.717, 1.165) is 9.95 Å². The largest absolute Gasteiger partial charge is 0.197 e. The smallest absolute Gasteiger partial charge is 0.105 e. The molecule has 1 atom stereocenters. The van der Waals surface area contributed by atoms with E-state index in [1.54, 1.807) is 0 Å². The number of hydrogen-bond acceptors (Lipinski definition) is 4. The summed E-state index contributed by atoms with van der Waals surface area (Å²) in [5.74, 6) is 0. The summed E-state index contributed by atoms with van der Waals surface area (Å²) < 4.78 is 0.855. The van der Waals surface area contributed by atoms with Gasteiger partial charge in [-0.1, -0.05) is 30.9 Å². The van der Waals surface area contributed by atoms with E-state index in [4.69, 9.17) is 17.5 Å². The lowest BCUT2D eigenvalue weighted by Gasteiger charge is -2.02. The van der Waals surface area contributed by atoms with Gasteiger partial charge in [-0.15, -0.1) is 11.8 Å². The molecule has 0 saturated heterocycles. The van der Waals surface area contributed by atoms with E-state index in [-0.39, 0.29) is 5.25 Å². The Labute approximate surface area is 75.6 Å². The van der Waals surface area contributed by atoms with Crippen molar-refractivity contribution < 1.29 is 0 Å². The van der Waals surface area contributed by atoms with Crippen LogP contribution in [0.4, 0.5) is 0 Å². The molecule has 0 fully saturated rings. The SMILES string of the molecule is CCC(C#N)SC(=S)SC. The first kappa shape index (κ1) is 10.3. The van der Waals surface area contributed by atoms with E-state index in [9.17, 15) is 0 Å². The minimum atomic E-state index is 0.0416. The number of thioether (sulfide) groups is 2. The molecule has 4 heteroatoms. The van der Waals surface area contributed by atoms with Gasteiger partial charge >= 0.3 is 0 Å². The van der Waals surface area contributed by atoms with E-state index in [0.29, 0.717) is 0 Å². The van der Waals surface area contributed by atoms with Crippen LogP contribution in [0.25, 0.3) is 0 Å². The first-order valence-electron chi connectivity index (χ1n) is 2.88. The Morgan fingerprint density at radius 1 is 1.80 bits per heavy atom. The molecular formula is C6H9NS3. The molecule has 0 rings (SSSR count). The van der Waals surface area contributed by atoms with Gasteiger partial charge in [0.1, 0.15) is 3.53 Å². The van der Waals surface area contributed by atoms with Crippen molar-refractivity contribution >= 4 is 39.3 Å². The summed E-state index contributed by atoms with van der Waals surface area (Å²) in [5.41, 5.74) is 0. The van der Waals surface area contributed by atoms with Crippen LogP contribution in [0.1, 0.15) is 13.3 Å². The highest BCUT2D eigenvalue weighted by molar-refractivity contribution is 8.47. The zero-order chi connectivity index (χ0) is 7.98. The van der Waals surface area contributed by atoms with Crippen LogP contribution in [0, 0.1) is 11.3 Å². The maximum atomic E-state index is 8.53. The van der Waals surface area contributed by atoms with Gasteiger partial charge in [0, 0.05) is 0 Å². The van der Waals surface area contributed by atoms with E-state index in [1.165, 1.54) is 23.5 Å². The maximum Gasteiger partial charge on any atom is 0.105 e. The summed E-state index contributed by atoms with van der Waals surface area (Å²) in [6, 6.07) is 2.18. The fourth-order valence-corrected chi connectivity index (χ4v) is 1.90. The molecule has 0 aliphatic carbocycles. The third kappa shape index (κ3) is 4.15.